The molecule has 0 saturated heterocycles. The van der Waals surface area contributed by atoms with E-state index in [0.29, 0.717) is 24.7 Å². The third-order valence-corrected chi connectivity index (χ3v) is 2.40. The predicted molar refractivity (Wildman–Crippen MR) is 72.9 cm³/mol. The van der Waals surface area contributed by atoms with Crippen molar-refractivity contribution in [2.75, 3.05) is 18.9 Å². The Balaban J connectivity index is 1.75. The number of benzene rings is 1. The number of nitrogen functional groups attached to an aromatic ring is 1. The number of rotatable bonds is 5. The molecule has 0 bridgehead atoms. The first-order valence-electron chi connectivity index (χ1n) is 5.94. The summed E-state index contributed by atoms with van der Waals surface area (Å²) in [5.41, 5.74) is 5.82. The standard InChI is InChI=1S/C14H15N3O2/c15-13-8-4-7-12(17-13)14(18)16-9-10-19-11-5-2-1-3-6-11/h1-8H,9-10H2,(H2,15,17)(H,16,18). The van der Waals surface area contributed by atoms with E-state index in [-0.39, 0.29) is 5.91 Å². The highest BCUT2D eigenvalue weighted by atomic mass is 16.5. The Kier molecular flexibility index (Phi) is 4.34. The van der Waals surface area contributed by atoms with E-state index in [4.69, 9.17) is 10.5 Å². The van der Waals surface area contributed by atoms with Crippen LogP contribution in [0.15, 0.2) is 48.5 Å². The fraction of sp³-hybridized carbons (Fsp3) is 0.143. The summed E-state index contributed by atoms with van der Waals surface area (Å²) in [4.78, 5) is 15.7. The van der Waals surface area contributed by atoms with E-state index in [9.17, 15) is 4.79 Å². The molecule has 1 amide bonds. The molecule has 2 rings (SSSR count). The van der Waals surface area contributed by atoms with Crippen LogP contribution in [0.3, 0.4) is 0 Å². The van der Waals surface area contributed by atoms with Gasteiger partial charge < -0.3 is 15.8 Å². The molecule has 0 spiro atoms. The van der Waals surface area contributed by atoms with Gasteiger partial charge in [-0.1, -0.05) is 24.3 Å². The number of hydrogen-bond donors (Lipinski definition) is 2. The summed E-state index contributed by atoms with van der Waals surface area (Å²) < 4.78 is 5.46. The first-order chi connectivity index (χ1) is 9.25. The number of nitrogens with one attached hydrogen (secondary N) is 1. The van der Waals surface area contributed by atoms with Gasteiger partial charge in [-0.3, -0.25) is 4.79 Å². The van der Waals surface area contributed by atoms with E-state index in [2.05, 4.69) is 10.3 Å². The number of anilines is 1. The van der Waals surface area contributed by atoms with Crippen molar-refractivity contribution in [2.45, 2.75) is 0 Å². The number of pyridine rings is 1. The fourth-order valence-electron chi connectivity index (χ4n) is 1.52. The number of carbonyl (C=O) groups is 1. The summed E-state index contributed by atoms with van der Waals surface area (Å²) in [7, 11) is 0. The highest BCUT2D eigenvalue weighted by Gasteiger charge is 2.06. The number of carbonyl (C=O) groups excluding carboxylic acids is 1. The normalized spacial score (nSPS) is 9.89. The maximum absolute atomic E-state index is 11.7. The molecule has 2 aromatic rings. The van der Waals surface area contributed by atoms with Crippen LogP contribution in [0.5, 0.6) is 5.75 Å². The van der Waals surface area contributed by atoms with Crippen LogP contribution in [0.4, 0.5) is 5.82 Å². The van der Waals surface area contributed by atoms with Gasteiger partial charge in [0, 0.05) is 0 Å². The smallest absolute Gasteiger partial charge is 0.270 e. The number of aromatic nitrogens is 1. The molecule has 0 fully saturated rings. The van der Waals surface area contributed by atoms with Crippen molar-refractivity contribution in [3.05, 3.63) is 54.2 Å². The van der Waals surface area contributed by atoms with Crippen LogP contribution in [-0.4, -0.2) is 24.0 Å². The Bertz CT molecular complexity index is 543. The maximum Gasteiger partial charge on any atom is 0.270 e. The van der Waals surface area contributed by atoms with E-state index < -0.39 is 0 Å². The second-order valence-electron chi connectivity index (χ2n) is 3.87. The Labute approximate surface area is 111 Å². The van der Waals surface area contributed by atoms with Crippen LogP contribution in [0.2, 0.25) is 0 Å². The molecule has 0 saturated carbocycles. The molecule has 1 aromatic carbocycles. The predicted octanol–water partition coefficient (Wildman–Crippen LogP) is 1.47. The third kappa shape index (κ3) is 3.99. The molecule has 19 heavy (non-hydrogen) atoms. The first-order valence-corrected chi connectivity index (χ1v) is 5.94. The summed E-state index contributed by atoms with van der Waals surface area (Å²) in [6.45, 7) is 0.808. The first kappa shape index (κ1) is 12.9. The Morgan fingerprint density at radius 1 is 1.16 bits per heavy atom. The number of para-hydroxylation sites is 1. The average molecular weight is 257 g/mol. The van der Waals surface area contributed by atoms with E-state index in [1.54, 1.807) is 18.2 Å². The SMILES string of the molecule is Nc1cccc(C(=O)NCCOc2ccccc2)n1. The minimum absolute atomic E-state index is 0.260. The minimum Gasteiger partial charge on any atom is -0.492 e. The summed E-state index contributed by atoms with van der Waals surface area (Å²) in [6, 6.07) is 14.4. The zero-order valence-electron chi connectivity index (χ0n) is 10.4. The van der Waals surface area contributed by atoms with E-state index in [1.165, 1.54) is 0 Å². The molecule has 0 aliphatic carbocycles. The highest BCUT2D eigenvalue weighted by Crippen LogP contribution is 2.07. The molecule has 0 aliphatic rings. The summed E-state index contributed by atoms with van der Waals surface area (Å²) in [6.07, 6.45) is 0. The molecule has 1 heterocycles. The van der Waals surface area contributed by atoms with Gasteiger partial charge in [0.25, 0.3) is 5.91 Å². The van der Waals surface area contributed by atoms with Crippen LogP contribution in [0.25, 0.3) is 0 Å². The molecular formula is C14H15N3O2. The maximum atomic E-state index is 11.7. The third-order valence-electron chi connectivity index (χ3n) is 2.40. The van der Waals surface area contributed by atoms with Gasteiger partial charge in [-0.15, -0.1) is 0 Å². The van der Waals surface area contributed by atoms with Crippen molar-refractivity contribution in [2.24, 2.45) is 0 Å². The average Bonchev–Trinajstić information content (AvgIpc) is 2.44. The molecule has 0 unspecified atom stereocenters. The lowest BCUT2D eigenvalue weighted by atomic mass is 10.3. The van der Waals surface area contributed by atoms with Gasteiger partial charge in [0.05, 0.1) is 6.54 Å². The van der Waals surface area contributed by atoms with Crippen LogP contribution in [0.1, 0.15) is 10.5 Å². The lowest BCUT2D eigenvalue weighted by Gasteiger charge is -2.07. The van der Waals surface area contributed by atoms with Crippen molar-refractivity contribution in [1.82, 2.24) is 10.3 Å². The van der Waals surface area contributed by atoms with E-state index >= 15 is 0 Å². The van der Waals surface area contributed by atoms with Gasteiger partial charge >= 0.3 is 0 Å². The molecule has 0 atom stereocenters. The van der Waals surface area contributed by atoms with Crippen LogP contribution >= 0.6 is 0 Å². The lowest BCUT2D eigenvalue weighted by molar-refractivity contribution is 0.0942. The summed E-state index contributed by atoms with van der Waals surface area (Å²) in [5.74, 6) is 0.843. The molecule has 5 nitrogen and oxygen atoms in total. The number of hydrogen-bond acceptors (Lipinski definition) is 4. The molecule has 3 N–H and O–H groups in total. The van der Waals surface area contributed by atoms with E-state index in [1.807, 2.05) is 30.3 Å². The molecule has 98 valence electrons. The number of nitrogens with zero attached hydrogens (tertiary/aromatic N) is 1. The second-order valence-corrected chi connectivity index (χ2v) is 3.87. The Morgan fingerprint density at radius 3 is 2.68 bits per heavy atom. The van der Waals surface area contributed by atoms with Crippen LogP contribution < -0.4 is 15.8 Å². The molecule has 0 aliphatic heterocycles. The summed E-state index contributed by atoms with van der Waals surface area (Å²) >= 11 is 0. The van der Waals surface area contributed by atoms with Crippen molar-refractivity contribution in [1.29, 1.82) is 0 Å². The van der Waals surface area contributed by atoms with Crippen molar-refractivity contribution in [3.8, 4) is 5.75 Å². The van der Waals surface area contributed by atoms with Crippen LogP contribution in [0, 0.1) is 0 Å². The molecule has 1 aromatic heterocycles. The number of ether oxygens (including phenoxy) is 1. The Morgan fingerprint density at radius 2 is 1.95 bits per heavy atom. The zero-order valence-corrected chi connectivity index (χ0v) is 10.4. The Hall–Kier alpha value is -2.56. The van der Waals surface area contributed by atoms with Crippen molar-refractivity contribution < 1.29 is 9.53 Å². The van der Waals surface area contributed by atoms with E-state index in [0.717, 1.165) is 5.75 Å². The molecule has 5 heteroatoms. The second kappa shape index (κ2) is 6.39. The monoisotopic (exact) mass is 257 g/mol. The quantitative estimate of drug-likeness (QED) is 0.795. The van der Waals surface area contributed by atoms with Crippen LogP contribution in [-0.2, 0) is 0 Å². The van der Waals surface area contributed by atoms with Gasteiger partial charge in [-0.25, -0.2) is 4.98 Å². The largest absolute Gasteiger partial charge is 0.492 e. The molecule has 0 radical (unpaired) electrons. The minimum atomic E-state index is -0.260. The van der Waals surface area contributed by atoms with Crippen molar-refractivity contribution in [3.63, 3.8) is 0 Å². The van der Waals surface area contributed by atoms with Gasteiger partial charge in [0.2, 0.25) is 0 Å². The van der Waals surface area contributed by atoms with Gasteiger partial charge in [0.1, 0.15) is 23.9 Å². The van der Waals surface area contributed by atoms with Gasteiger partial charge in [0.15, 0.2) is 0 Å². The number of nitrogens with two attached hydrogens (primary N) is 1. The van der Waals surface area contributed by atoms with Crippen molar-refractivity contribution >= 4 is 11.7 Å². The number of amides is 1. The van der Waals surface area contributed by atoms with Gasteiger partial charge in [-0.05, 0) is 24.3 Å². The zero-order chi connectivity index (χ0) is 13.5. The molecular weight excluding hydrogens is 242 g/mol. The fourth-order valence-corrected chi connectivity index (χ4v) is 1.52. The highest BCUT2D eigenvalue weighted by molar-refractivity contribution is 5.92. The van der Waals surface area contributed by atoms with Gasteiger partial charge in [-0.2, -0.15) is 0 Å². The lowest BCUT2D eigenvalue weighted by Crippen LogP contribution is -2.28. The summed E-state index contributed by atoms with van der Waals surface area (Å²) in [5, 5.41) is 2.71. The topological polar surface area (TPSA) is 77.2 Å².